The van der Waals surface area contributed by atoms with Gasteiger partial charge in [0, 0.05) is 12.1 Å². The van der Waals surface area contributed by atoms with Crippen molar-refractivity contribution < 1.29 is 14.6 Å². The van der Waals surface area contributed by atoms with Gasteiger partial charge in [-0.3, -0.25) is 4.79 Å². The number of aliphatic hydroxyl groups is 1. The fraction of sp³-hybridized carbons (Fsp3) is 0.188. The van der Waals surface area contributed by atoms with Crippen LogP contribution >= 0.6 is 11.3 Å². The van der Waals surface area contributed by atoms with E-state index in [1.807, 2.05) is 29.6 Å². The lowest BCUT2D eigenvalue weighted by Crippen LogP contribution is -2.22. The van der Waals surface area contributed by atoms with Crippen LogP contribution in [0.15, 0.2) is 35.7 Å². The van der Waals surface area contributed by atoms with Crippen LogP contribution in [0, 0.1) is 11.8 Å². The Morgan fingerprint density at radius 2 is 2.29 bits per heavy atom. The monoisotopic (exact) mass is 301 g/mol. The Morgan fingerprint density at radius 3 is 3.05 bits per heavy atom. The van der Waals surface area contributed by atoms with Gasteiger partial charge in [-0.25, -0.2) is 0 Å². The third-order valence-electron chi connectivity index (χ3n) is 2.75. The average Bonchev–Trinajstić information content (AvgIpc) is 2.99. The summed E-state index contributed by atoms with van der Waals surface area (Å²) in [6.45, 7) is 0.244. The quantitative estimate of drug-likeness (QED) is 0.850. The molecular formula is C16H15NO3S. The number of hydrogen-bond donors (Lipinski definition) is 2. The molecule has 2 N–H and O–H groups in total. The zero-order valence-corrected chi connectivity index (χ0v) is 12.4. The number of benzene rings is 1. The Kier molecular flexibility index (Phi) is 5.38. The van der Waals surface area contributed by atoms with Gasteiger partial charge in [-0.1, -0.05) is 24.0 Å². The number of carbonyl (C=O) groups excluding carboxylic acids is 1. The number of carbonyl (C=O) groups is 1. The fourth-order valence-corrected chi connectivity index (χ4v) is 2.56. The lowest BCUT2D eigenvalue weighted by atomic mass is 10.1. The standard InChI is InChI=1S/C16H15NO3S/c1-20-14-7-9-21-15(14)16(19)17-11-13-5-2-4-12(10-13)6-3-8-18/h2,4-5,7,9-10,18H,8,11H2,1H3,(H,17,19). The largest absolute Gasteiger partial charge is 0.495 e. The van der Waals surface area contributed by atoms with Gasteiger partial charge in [-0.2, -0.15) is 0 Å². The minimum absolute atomic E-state index is 0.159. The Bertz CT molecular complexity index is 682. The summed E-state index contributed by atoms with van der Waals surface area (Å²) in [6, 6.07) is 9.29. The van der Waals surface area contributed by atoms with Gasteiger partial charge < -0.3 is 15.2 Å². The zero-order valence-electron chi connectivity index (χ0n) is 11.6. The third-order valence-corrected chi connectivity index (χ3v) is 3.64. The Balaban J connectivity index is 2.01. The molecule has 0 unspecified atom stereocenters. The van der Waals surface area contributed by atoms with E-state index in [2.05, 4.69) is 17.2 Å². The highest BCUT2D eigenvalue weighted by molar-refractivity contribution is 7.12. The number of hydrogen-bond acceptors (Lipinski definition) is 4. The third kappa shape index (κ3) is 4.09. The SMILES string of the molecule is COc1ccsc1C(=O)NCc1cccc(C#CCO)c1. The lowest BCUT2D eigenvalue weighted by molar-refractivity contribution is 0.0952. The van der Waals surface area contributed by atoms with Crippen molar-refractivity contribution in [3.05, 3.63) is 51.7 Å². The van der Waals surface area contributed by atoms with Crippen molar-refractivity contribution in [1.82, 2.24) is 5.32 Å². The van der Waals surface area contributed by atoms with Gasteiger partial charge in [0.2, 0.25) is 0 Å². The first kappa shape index (κ1) is 15.1. The number of rotatable bonds is 4. The highest BCUT2D eigenvalue weighted by Gasteiger charge is 2.13. The Labute approximate surface area is 127 Å². The van der Waals surface area contributed by atoms with E-state index in [1.54, 1.807) is 13.2 Å². The van der Waals surface area contributed by atoms with E-state index in [9.17, 15) is 4.79 Å². The first-order valence-corrected chi connectivity index (χ1v) is 7.21. The van der Waals surface area contributed by atoms with E-state index in [1.165, 1.54) is 11.3 Å². The molecule has 5 heteroatoms. The number of methoxy groups -OCH3 is 1. The lowest BCUT2D eigenvalue weighted by Gasteiger charge is -2.06. The summed E-state index contributed by atoms with van der Waals surface area (Å²) in [5, 5.41) is 13.4. The van der Waals surface area contributed by atoms with E-state index in [-0.39, 0.29) is 12.5 Å². The second-order valence-electron chi connectivity index (χ2n) is 4.16. The maximum absolute atomic E-state index is 12.1. The molecule has 1 heterocycles. The zero-order chi connectivity index (χ0) is 15.1. The number of aliphatic hydroxyl groups excluding tert-OH is 1. The summed E-state index contributed by atoms with van der Waals surface area (Å²) in [5.41, 5.74) is 1.76. The summed E-state index contributed by atoms with van der Waals surface area (Å²) in [6.07, 6.45) is 0. The normalized spacial score (nSPS) is 9.62. The van der Waals surface area contributed by atoms with E-state index in [4.69, 9.17) is 9.84 Å². The number of ether oxygens (including phenoxy) is 1. The predicted octanol–water partition coefficient (Wildman–Crippen LogP) is 2.03. The second-order valence-corrected chi connectivity index (χ2v) is 5.08. The van der Waals surface area contributed by atoms with Crippen LogP contribution in [0.25, 0.3) is 0 Å². The Morgan fingerprint density at radius 1 is 1.43 bits per heavy atom. The molecule has 0 aliphatic carbocycles. The molecule has 0 bridgehead atoms. The molecule has 0 aliphatic rings. The van der Waals surface area contributed by atoms with Crippen molar-refractivity contribution in [3.8, 4) is 17.6 Å². The molecular weight excluding hydrogens is 286 g/mol. The molecule has 1 amide bonds. The van der Waals surface area contributed by atoms with Crippen molar-refractivity contribution in [2.45, 2.75) is 6.54 Å². The van der Waals surface area contributed by atoms with Crippen LogP contribution in [0.5, 0.6) is 5.75 Å². The van der Waals surface area contributed by atoms with Gasteiger partial charge in [0.1, 0.15) is 17.2 Å². The van der Waals surface area contributed by atoms with Crippen LogP contribution in [0.3, 0.4) is 0 Å². The molecule has 2 aromatic rings. The van der Waals surface area contributed by atoms with Gasteiger partial charge in [-0.05, 0) is 29.1 Å². The van der Waals surface area contributed by atoms with Gasteiger partial charge >= 0.3 is 0 Å². The van der Waals surface area contributed by atoms with Gasteiger partial charge in [0.15, 0.2) is 0 Å². The molecule has 0 saturated heterocycles. The first-order chi connectivity index (χ1) is 10.2. The van der Waals surface area contributed by atoms with Crippen LogP contribution in [0.4, 0.5) is 0 Å². The molecule has 1 aromatic carbocycles. The molecule has 2 rings (SSSR count). The molecule has 0 saturated carbocycles. The van der Waals surface area contributed by atoms with Gasteiger partial charge in [-0.15, -0.1) is 11.3 Å². The highest BCUT2D eigenvalue weighted by Crippen LogP contribution is 2.24. The van der Waals surface area contributed by atoms with E-state index >= 15 is 0 Å². The number of amides is 1. The summed E-state index contributed by atoms with van der Waals surface area (Å²) in [4.78, 5) is 12.6. The highest BCUT2D eigenvalue weighted by atomic mass is 32.1. The average molecular weight is 301 g/mol. The van der Waals surface area contributed by atoms with Crippen LogP contribution in [0.1, 0.15) is 20.8 Å². The van der Waals surface area contributed by atoms with Crippen molar-refractivity contribution in [1.29, 1.82) is 0 Å². The van der Waals surface area contributed by atoms with Crippen LogP contribution in [-0.2, 0) is 6.54 Å². The minimum Gasteiger partial charge on any atom is -0.495 e. The molecule has 0 spiro atoms. The summed E-state index contributed by atoms with van der Waals surface area (Å²) < 4.78 is 5.13. The van der Waals surface area contributed by atoms with E-state index < -0.39 is 0 Å². The molecule has 108 valence electrons. The van der Waals surface area contributed by atoms with Gasteiger partial charge in [0.25, 0.3) is 5.91 Å². The van der Waals surface area contributed by atoms with E-state index in [0.717, 1.165) is 11.1 Å². The molecule has 0 atom stereocenters. The summed E-state index contributed by atoms with van der Waals surface area (Å²) >= 11 is 1.34. The molecule has 0 fully saturated rings. The van der Waals surface area contributed by atoms with Crippen LogP contribution < -0.4 is 10.1 Å². The molecule has 0 aliphatic heterocycles. The second kappa shape index (κ2) is 7.48. The van der Waals surface area contributed by atoms with Crippen LogP contribution in [-0.4, -0.2) is 24.7 Å². The van der Waals surface area contributed by atoms with Gasteiger partial charge in [0.05, 0.1) is 7.11 Å². The minimum atomic E-state index is -0.168. The summed E-state index contributed by atoms with van der Waals surface area (Å²) in [7, 11) is 1.54. The van der Waals surface area contributed by atoms with Crippen molar-refractivity contribution in [3.63, 3.8) is 0 Å². The smallest absolute Gasteiger partial charge is 0.265 e. The molecule has 0 radical (unpaired) electrons. The predicted molar refractivity (Wildman–Crippen MR) is 82.4 cm³/mol. The topological polar surface area (TPSA) is 58.6 Å². The summed E-state index contributed by atoms with van der Waals surface area (Å²) in [5.74, 6) is 5.86. The van der Waals surface area contributed by atoms with Crippen molar-refractivity contribution in [2.75, 3.05) is 13.7 Å². The number of thiophene rings is 1. The Hall–Kier alpha value is -2.29. The molecule has 4 nitrogen and oxygen atoms in total. The maximum atomic E-state index is 12.1. The van der Waals surface area contributed by atoms with E-state index in [0.29, 0.717) is 17.2 Å². The first-order valence-electron chi connectivity index (χ1n) is 6.33. The van der Waals surface area contributed by atoms with Crippen LogP contribution in [0.2, 0.25) is 0 Å². The number of nitrogens with one attached hydrogen (secondary N) is 1. The molecule has 21 heavy (non-hydrogen) atoms. The molecule has 1 aromatic heterocycles. The van der Waals surface area contributed by atoms with Crippen molar-refractivity contribution in [2.24, 2.45) is 0 Å². The van der Waals surface area contributed by atoms with Crippen molar-refractivity contribution >= 4 is 17.2 Å². The fourth-order valence-electron chi connectivity index (χ4n) is 1.79. The maximum Gasteiger partial charge on any atom is 0.265 e.